The third kappa shape index (κ3) is 36.4. The first-order chi connectivity index (χ1) is 6.12. The molecule has 0 aliphatic carbocycles. The molecule has 0 rings (SSSR count). The van der Waals surface area contributed by atoms with Crippen LogP contribution >= 0.6 is 0 Å². The number of aliphatic hydroxyl groups excluding tert-OH is 2. The minimum atomic E-state index is 0. The van der Waals surface area contributed by atoms with Crippen molar-refractivity contribution in [1.82, 2.24) is 0 Å². The number of quaternary nitrogens is 2. The Morgan fingerprint density at radius 2 is 0.812 bits per heavy atom. The molecule has 0 aliphatic rings. The van der Waals surface area contributed by atoms with Crippen molar-refractivity contribution in [2.45, 2.75) is 0 Å². The van der Waals surface area contributed by atoms with Crippen LogP contribution in [0.5, 0.6) is 0 Å². The third-order valence-corrected chi connectivity index (χ3v) is 1.54. The number of hydrogen-bond donors (Lipinski definition) is 2. The van der Waals surface area contributed by atoms with Gasteiger partial charge in [-0.3, -0.25) is 0 Å². The summed E-state index contributed by atoms with van der Waals surface area (Å²) in [5.74, 6) is 0. The Hall–Kier alpha value is 0.800. The Bertz CT molecular complexity index is 118. The molecule has 0 unspecified atom stereocenters. The number of nitrogens with zero attached hydrogens (tertiary/aromatic N) is 2. The van der Waals surface area contributed by atoms with Gasteiger partial charge in [0.05, 0.1) is 55.5 Å². The second-order valence-corrected chi connectivity index (χ2v) is 5.48. The van der Waals surface area contributed by atoms with Gasteiger partial charge in [-0.05, 0) is 0 Å². The second-order valence-electron chi connectivity index (χ2n) is 5.48. The summed E-state index contributed by atoms with van der Waals surface area (Å²) < 4.78 is 1.69. The lowest BCUT2D eigenvalue weighted by Crippen LogP contribution is -3.00. The third-order valence-electron chi connectivity index (χ3n) is 1.54. The molecule has 0 spiro atoms. The topological polar surface area (TPSA) is 40.5 Å². The van der Waals surface area contributed by atoms with Crippen LogP contribution in [0, 0.1) is 0 Å². The molecule has 104 valence electrons. The van der Waals surface area contributed by atoms with E-state index >= 15 is 0 Å². The normalized spacial score (nSPS) is 10.5. The van der Waals surface area contributed by atoms with Crippen LogP contribution < -0.4 is 34.0 Å². The van der Waals surface area contributed by atoms with E-state index in [2.05, 4.69) is 42.3 Å². The summed E-state index contributed by atoms with van der Waals surface area (Å²) in [5.41, 5.74) is 0. The summed E-state index contributed by atoms with van der Waals surface area (Å²) in [5, 5.41) is 16.8. The SMILES string of the molecule is C[N+](C)(C)CCO.C[N+](C)(C)CCO.[Br-].[Br-]. The van der Waals surface area contributed by atoms with Crippen molar-refractivity contribution < 1.29 is 53.1 Å². The quantitative estimate of drug-likeness (QED) is 0.485. The Morgan fingerprint density at radius 3 is 0.812 bits per heavy atom. The molecule has 0 aromatic heterocycles. The fraction of sp³-hybridized carbons (Fsp3) is 1.00. The lowest BCUT2D eigenvalue weighted by atomic mass is 10.5. The van der Waals surface area contributed by atoms with Gasteiger partial charge in [0.2, 0.25) is 0 Å². The van der Waals surface area contributed by atoms with E-state index in [1.807, 2.05) is 0 Å². The molecule has 16 heavy (non-hydrogen) atoms. The Morgan fingerprint density at radius 1 is 0.625 bits per heavy atom. The molecule has 6 heteroatoms. The maximum atomic E-state index is 8.39. The standard InChI is InChI=1S/2C5H14NO.2BrH/c2*1-6(2,3)4-5-7;;/h2*7H,4-5H2,1-3H3;2*1H/q2*+1;;/p-2. The first-order valence-electron chi connectivity index (χ1n) is 4.95. The fourth-order valence-electron chi connectivity index (χ4n) is 0.600. The van der Waals surface area contributed by atoms with Crippen molar-refractivity contribution in [1.29, 1.82) is 0 Å². The Balaban J connectivity index is -0.0000000800. The van der Waals surface area contributed by atoms with Crippen molar-refractivity contribution in [3.63, 3.8) is 0 Å². The van der Waals surface area contributed by atoms with E-state index in [0.717, 1.165) is 22.1 Å². The number of halogens is 2. The molecule has 0 fully saturated rings. The molecule has 0 aromatic carbocycles. The molecule has 0 heterocycles. The van der Waals surface area contributed by atoms with Crippen LogP contribution in [-0.4, -0.2) is 87.8 Å². The Labute approximate surface area is 122 Å². The van der Waals surface area contributed by atoms with Crippen LogP contribution in [0.3, 0.4) is 0 Å². The van der Waals surface area contributed by atoms with Crippen molar-refractivity contribution in [3.05, 3.63) is 0 Å². The lowest BCUT2D eigenvalue weighted by Gasteiger charge is -2.21. The minimum absolute atomic E-state index is 0. The van der Waals surface area contributed by atoms with Crippen molar-refractivity contribution in [3.8, 4) is 0 Å². The summed E-state index contributed by atoms with van der Waals surface area (Å²) >= 11 is 0. The lowest BCUT2D eigenvalue weighted by molar-refractivity contribution is -0.870. The van der Waals surface area contributed by atoms with Gasteiger partial charge in [0.25, 0.3) is 0 Å². The van der Waals surface area contributed by atoms with Crippen LogP contribution in [-0.2, 0) is 0 Å². The van der Waals surface area contributed by atoms with Gasteiger partial charge >= 0.3 is 0 Å². The van der Waals surface area contributed by atoms with Crippen LogP contribution in [0.4, 0.5) is 0 Å². The van der Waals surface area contributed by atoms with Crippen LogP contribution in [0.2, 0.25) is 0 Å². The molecular weight excluding hydrogens is 340 g/mol. The summed E-state index contributed by atoms with van der Waals surface area (Å²) in [6.45, 7) is 2.23. The van der Waals surface area contributed by atoms with E-state index in [1.54, 1.807) is 0 Å². The van der Waals surface area contributed by atoms with Gasteiger partial charge in [0, 0.05) is 0 Å². The van der Waals surface area contributed by atoms with Gasteiger partial charge in [0.15, 0.2) is 0 Å². The number of likely N-dealkylation sites (N-methyl/N-ethyl adjacent to an activating group) is 2. The number of rotatable bonds is 4. The molecule has 0 aromatic rings. The zero-order chi connectivity index (χ0) is 11.8. The summed E-state index contributed by atoms with van der Waals surface area (Å²) in [6, 6.07) is 0. The molecule has 0 aliphatic heterocycles. The average Bonchev–Trinajstić information content (AvgIpc) is 1.81. The highest BCUT2D eigenvalue weighted by Gasteiger charge is 2.02. The van der Waals surface area contributed by atoms with Crippen LogP contribution in [0.25, 0.3) is 0 Å². The molecule has 0 amide bonds. The van der Waals surface area contributed by atoms with E-state index in [9.17, 15) is 0 Å². The zero-order valence-corrected chi connectivity index (χ0v) is 14.5. The van der Waals surface area contributed by atoms with Gasteiger partial charge in [-0.15, -0.1) is 0 Å². The van der Waals surface area contributed by atoms with Crippen LogP contribution in [0.15, 0.2) is 0 Å². The van der Waals surface area contributed by atoms with Gasteiger partial charge in [0.1, 0.15) is 13.1 Å². The summed E-state index contributed by atoms with van der Waals surface area (Å²) in [7, 11) is 12.3. The monoisotopic (exact) mass is 366 g/mol. The average molecular weight is 368 g/mol. The molecule has 2 N–H and O–H groups in total. The van der Waals surface area contributed by atoms with E-state index in [1.165, 1.54) is 0 Å². The maximum Gasteiger partial charge on any atom is 0.101 e. The Kier molecular flexibility index (Phi) is 19.6. The van der Waals surface area contributed by atoms with Crippen molar-refractivity contribution >= 4 is 0 Å². The highest BCUT2D eigenvalue weighted by molar-refractivity contribution is 4.19. The van der Waals surface area contributed by atoms with Gasteiger partial charge < -0.3 is 53.1 Å². The maximum absolute atomic E-state index is 8.39. The highest BCUT2D eigenvalue weighted by Crippen LogP contribution is 1.85. The number of aliphatic hydroxyl groups is 2. The predicted molar refractivity (Wildman–Crippen MR) is 60.0 cm³/mol. The van der Waals surface area contributed by atoms with E-state index in [0.29, 0.717) is 0 Å². The molecular formula is C10H28Br2N2O2. The highest BCUT2D eigenvalue weighted by atomic mass is 79.9. The fourth-order valence-corrected chi connectivity index (χ4v) is 0.600. The molecule has 0 radical (unpaired) electrons. The summed E-state index contributed by atoms with van der Waals surface area (Å²) in [4.78, 5) is 0. The van der Waals surface area contributed by atoms with E-state index < -0.39 is 0 Å². The van der Waals surface area contributed by atoms with E-state index in [-0.39, 0.29) is 47.2 Å². The van der Waals surface area contributed by atoms with E-state index in [4.69, 9.17) is 10.2 Å². The van der Waals surface area contributed by atoms with Gasteiger partial charge in [-0.1, -0.05) is 0 Å². The molecule has 0 atom stereocenters. The van der Waals surface area contributed by atoms with Gasteiger partial charge in [-0.2, -0.15) is 0 Å². The summed E-state index contributed by atoms with van der Waals surface area (Å²) in [6.07, 6.45) is 0. The predicted octanol–water partition coefficient (Wildman–Crippen LogP) is -6.62. The largest absolute Gasteiger partial charge is 1.00 e. The molecule has 0 saturated carbocycles. The first-order valence-corrected chi connectivity index (χ1v) is 4.95. The van der Waals surface area contributed by atoms with Crippen LogP contribution in [0.1, 0.15) is 0 Å². The minimum Gasteiger partial charge on any atom is -1.00 e. The second kappa shape index (κ2) is 12.3. The molecule has 4 nitrogen and oxygen atoms in total. The first kappa shape index (κ1) is 25.6. The van der Waals surface area contributed by atoms with Gasteiger partial charge in [-0.25, -0.2) is 0 Å². The number of hydrogen-bond acceptors (Lipinski definition) is 2. The molecule has 0 bridgehead atoms. The van der Waals surface area contributed by atoms with Crippen molar-refractivity contribution in [2.75, 3.05) is 68.6 Å². The smallest absolute Gasteiger partial charge is 0.101 e. The zero-order valence-electron chi connectivity index (χ0n) is 11.4. The molecule has 0 saturated heterocycles. The van der Waals surface area contributed by atoms with Crippen molar-refractivity contribution in [2.24, 2.45) is 0 Å².